The van der Waals surface area contributed by atoms with Crippen molar-refractivity contribution >= 4 is 0 Å². The maximum absolute atomic E-state index is 9.11. The second-order valence-corrected chi connectivity index (χ2v) is 2.62. The van der Waals surface area contributed by atoms with Gasteiger partial charge in [-0.25, -0.2) is 0 Å². The van der Waals surface area contributed by atoms with E-state index in [2.05, 4.69) is 11.2 Å². The highest BCUT2D eigenvalue weighted by atomic mass is 16.3. The van der Waals surface area contributed by atoms with Crippen LogP contribution in [0.5, 0.6) is 0 Å². The fraction of sp³-hybridized carbons (Fsp3) is 0.714. The highest BCUT2D eigenvalue weighted by Crippen LogP contribution is 1.95. The van der Waals surface area contributed by atoms with Crippen LogP contribution in [-0.2, 0) is 0 Å². The summed E-state index contributed by atoms with van der Waals surface area (Å²) < 4.78 is 0. The lowest BCUT2D eigenvalue weighted by atomic mass is 10.1. The third kappa shape index (κ3) is 7.48. The summed E-state index contributed by atoms with van der Waals surface area (Å²) >= 11 is 0. The summed E-state index contributed by atoms with van der Waals surface area (Å²) in [6, 6.07) is 0. The molecule has 0 saturated carbocycles. The van der Waals surface area contributed by atoms with Crippen LogP contribution >= 0.6 is 0 Å². The molecule has 0 fully saturated rings. The van der Waals surface area contributed by atoms with E-state index in [0.29, 0.717) is 13.1 Å². The van der Waals surface area contributed by atoms with Gasteiger partial charge in [0, 0.05) is 6.54 Å². The minimum atomic E-state index is -0.656. The number of hydrogen-bond donors (Lipinski definition) is 2. The Morgan fingerprint density at radius 3 is 2.56 bits per heavy atom. The van der Waals surface area contributed by atoms with E-state index in [4.69, 9.17) is 11.5 Å². The average Bonchev–Trinajstić information content (AvgIpc) is 1.63. The van der Waals surface area contributed by atoms with Gasteiger partial charge in [-0.2, -0.15) is 0 Å². The third-order valence-corrected chi connectivity index (χ3v) is 0.785. The summed E-state index contributed by atoms with van der Waals surface area (Å²) in [5.74, 6) is 2.42. The molecule has 52 valence electrons. The fourth-order valence-electron chi connectivity index (χ4n) is 0.441. The van der Waals surface area contributed by atoms with Gasteiger partial charge in [-0.15, -0.1) is 6.42 Å². The van der Waals surface area contributed by atoms with Crippen LogP contribution in [0.25, 0.3) is 0 Å². The number of nitrogens with one attached hydrogen (secondary N) is 1. The highest BCUT2D eigenvalue weighted by molar-refractivity contribution is 4.87. The lowest BCUT2D eigenvalue weighted by Gasteiger charge is -2.16. The molecule has 0 aliphatic rings. The lowest BCUT2D eigenvalue weighted by Crippen LogP contribution is -2.34. The Labute approximate surface area is 56.3 Å². The van der Waals surface area contributed by atoms with Gasteiger partial charge in [-0.3, -0.25) is 0 Å². The van der Waals surface area contributed by atoms with E-state index in [1.54, 1.807) is 13.8 Å². The lowest BCUT2D eigenvalue weighted by molar-refractivity contribution is 0.0811. The van der Waals surface area contributed by atoms with E-state index in [9.17, 15) is 0 Å². The molecule has 0 unspecified atom stereocenters. The number of hydrogen-bond acceptors (Lipinski definition) is 2. The molecule has 2 nitrogen and oxygen atoms in total. The molecule has 0 atom stereocenters. The molecule has 0 aromatic heterocycles. The molecule has 0 saturated heterocycles. The van der Waals surface area contributed by atoms with E-state index in [0.717, 1.165) is 0 Å². The summed E-state index contributed by atoms with van der Waals surface area (Å²) in [5, 5.41) is 12.0. The van der Waals surface area contributed by atoms with E-state index in [1.165, 1.54) is 0 Å². The zero-order valence-electron chi connectivity index (χ0n) is 5.94. The first kappa shape index (κ1) is 8.48. The number of terminal acetylenes is 1. The van der Waals surface area contributed by atoms with Crippen LogP contribution in [0.1, 0.15) is 13.8 Å². The van der Waals surface area contributed by atoms with Gasteiger partial charge in [-0.1, -0.05) is 5.92 Å². The van der Waals surface area contributed by atoms with Crippen molar-refractivity contribution in [3.63, 3.8) is 0 Å². The monoisotopic (exact) mass is 127 g/mol. The number of aliphatic hydroxyl groups is 1. The van der Waals surface area contributed by atoms with Crippen molar-refractivity contribution in [1.29, 1.82) is 0 Å². The van der Waals surface area contributed by atoms with Gasteiger partial charge >= 0.3 is 0 Å². The highest BCUT2D eigenvalue weighted by Gasteiger charge is 2.09. The topological polar surface area (TPSA) is 32.3 Å². The maximum Gasteiger partial charge on any atom is 0.0715 e. The Hall–Kier alpha value is -0.520. The molecular weight excluding hydrogens is 114 g/mol. The molecule has 0 aliphatic heterocycles. The largest absolute Gasteiger partial charge is 0.389 e. The predicted molar refractivity (Wildman–Crippen MR) is 38.0 cm³/mol. The van der Waals surface area contributed by atoms with E-state index < -0.39 is 5.60 Å². The maximum atomic E-state index is 9.11. The Morgan fingerprint density at radius 1 is 1.67 bits per heavy atom. The van der Waals surface area contributed by atoms with Gasteiger partial charge < -0.3 is 10.4 Å². The molecular formula is C7H13NO. The zero-order chi connectivity index (χ0) is 7.33. The van der Waals surface area contributed by atoms with Crippen LogP contribution in [-0.4, -0.2) is 23.8 Å². The molecule has 0 amide bonds. The first-order valence-electron chi connectivity index (χ1n) is 2.93. The van der Waals surface area contributed by atoms with Crippen molar-refractivity contribution in [1.82, 2.24) is 5.32 Å². The second-order valence-electron chi connectivity index (χ2n) is 2.62. The van der Waals surface area contributed by atoms with Crippen molar-refractivity contribution in [2.45, 2.75) is 19.4 Å². The molecule has 0 aromatic rings. The predicted octanol–water partition coefficient (Wildman–Crippen LogP) is -0.0199. The minimum Gasteiger partial charge on any atom is -0.389 e. The first-order chi connectivity index (χ1) is 4.06. The molecule has 0 aliphatic carbocycles. The van der Waals surface area contributed by atoms with Crippen LogP contribution < -0.4 is 5.32 Å². The normalized spacial score (nSPS) is 10.9. The van der Waals surface area contributed by atoms with Crippen molar-refractivity contribution in [3.05, 3.63) is 0 Å². The van der Waals surface area contributed by atoms with Gasteiger partial charge in [0.25, 0.3) is 0 Å². The van der Waals surface area contributed by atoms with Crippen LogP contribution in [0.4, 0.5) is 0 Å². The summed E-state index contributed by atoms with van der Waals surface area (Å²) in [6.45, 7) is 4.52. The van der Waals surface area contributed by atoms with Gasteiger partial charge in [0.15, 0.2) is 0 Å². The van der Waals surface area contributed by atoms with Crippen molar-refractivity contribution in [2.75, 3.05) is 13.1 Å². The minimum absolute atomic E-state index is 0.518. The molecule has 0 heterocycles. The van der Waals surface area contributed by atoms with Crippen LogP contribution in [0.3, 0.4) is 0 Å². The SMILES string of the molecule is C#CCNCC(C)(C)O. The Bertz CT molecular complexity index is 107. The Kier molecular flexibility index (Phi) is 3.29. The van der Waals surface area contributed by atoms with E-state index in [-0.39, 0.29) is 0 Å². The van der Waals surface area contributed by atoms with Crippen LogP contribution in [0.2, 0.25) is 0 Å². The molecule has 0 radical (unpaired) electrons. The van der Waals surface area contributed by atoms with Crippen molar-refractivity contribution in [2.24, 2.45) is 0 Å². The second kappa shape index (κ2) is 3.49. The zero-order valence-corrected chi connectivity index (χ0v) is 5.94. The van der Waals surface area contributed by atoms with Gasteiger partial charge in [-0.05, 0) is 13.8 Å². The smallest absolute Gasteiger partial charge is 0.0715 e. The van der Waals surface area contributed by atoms with Crippen molar-refractivity contribution in [3.8, 4) is 12.3 Å². The molecule has 0 aromatic carbocycles. The fourth-order valence-corrected chi connectivity index (χ4v) is 0.441. The molecule has 2 heteroatoms. The van der Waals surface area contributed by atoms with E-state index in [1.807, 2.05) is 0 Å². The number of rotatable bonds is 3. The molecule has 0 spiro atoms. The molecule has 0 rings (SSSR count). The summed E-state index contributed by atoms with van der Waals surface area (Å²) in [4.78, 5) is 0. The Morgan fingerprint density at radius 2 is 2.22 bits per heavy atom. The summed E-state index contributed by atoms with van der Waals surface area (Å²) in [5.41, 5.74) is -0.656. The van der Waals surface area contributed by atoms with Gasteiger partial charge in [0.05, 0.1) is 12.1 Å². The van der Waals surface area contributed by atoms with Gasteiger partial charge in [0.2, 0.25) is 0 Å². The van der Waals surface area contributed by atoms with Crippen molar-refractivity contribution < 1.29 is 5.11 Å². The summed E-state index contributed by atoms with van der Waals surface area (Å²) in [7, 11) is 0. The average molecular weight is 127 g/mol. The van der Waals surface area contributed by atoms with Crippen LogP contribution in [0.15, 0.2) is 0 Å². The molecule has 2 N–H and O–H groups in total. The summed E-state index contributed by atoms with van der Waals surface area (Å²) in [6.07, 6.45) is 4.96. The first-order valence-corrected chi connectivity index (χ1v) is 2.93. The van der Waals surface area contributed by atoms with E-state index >= 15 is 0 Å². The van der Waals surface area contributed by atoms with Gasteiger partial charge in [0.1, 0.15) is 0 Å². The molecule has 0 bridgehead atoms. The quantitative estimate of drug-likeness (QED) is 0.412. The standard InChI is InChI=1S/C7H13NO/c1-4-5-8-6-7(2,3)9/h1,8-9H,5-6H2,2-3H3. The third-order valence-electron chi connectivity index (χ3n) is 0.785. The molecule has 9 heavy (non-hydrogen) atoms. The Balaban J connectivity index is 3.20. The van der Waals surface area contributed by atoms with Crippen LogP contribution in [0, 0.1) is 12.3 Å².